The van der Waals surface area contributed by atoms with Crippen molar-refractivity contribution in [3.05, 3.63) is 29.3 Å². The Morgan fingerprint density at radius 2 is 2.06 bits per heavy atom. The molecule has 0 aromatic heterocycles. The zero-order valence-electron chi connectivity index (χ0n) is 10.0. The van der Waals surface area contributed by atoms with Crippen LogP contribution in [0.15, 0.2) is 12.1 Å². The number of rotatable bonds is 3. The van der Waals surface area contributed by atoms with Crippen molar-refractivity contribution in [2.24, 2.45) is 5.73 Å². The van der Waals surface area contributed by atoms with Crippen molar-refractivity contribution in [1.82, 2.24) is 0 Å². The van der Waals surface area contributed by atoms with Gasteiger partial charge in [0.05, 0.1) is 12.6 Å². The second-order valence-electron chi connectivity index (χ2n) is 4.33. The fourth-order valence-electron chi connectivity index (χ4n) is 2.07. The average molecular weight is 255 g/mol. The van der Waals surface area contributed by atoms with Gasteiger partial charge in [0.2, 0.25) is 0 Å². The first-order valence-electron chi connectivity index (χ1n) is 5.64. The van der Waals surface area contributed by atoms with Gasteiger partial charge in [-0.2, -0.15) is 0 Å². The number of anilines is 1. The summed E-state index contributed by atoms with van der Waals surface area (Å²) in [5, 5.41) is 7.18. The van der Waals surface area contributed by atoms with Gasteiger partial charge >= 0.3 is 0 Å². The molecule has 0 spiro atoms. The van der Waals surface area contributed by atoms with E-state index in [4.69, 9.17) is 15.9 Å². The summed E-state index contributed by atoms with van der Waals surface area (Å²) >= 11 is 0. The molecule has 0 aliphatic carbocycles. The van der Waals surface area contributed by atoms with E-state index in [1.165, 1.54) is 0 Å². The highest BCUT2D eigenvalue weighted by Crippen LogP contribution is 2.27. The van der Waals surface area contributed by atoms with Crippen molar-refractivity contribution in [1.29, 1.82) is 5.41 Å². The second-order valence-corrected chi connectivity index (χ2v) is 4.33. The van der Waals surface area contributed by atoms with E-state index in [0.717, 1.165) is 18.6 Å². The number of likely N-dealkylation sites (N-methyl/N-ethyl adjacent to an activating group) is 1. The van der Waals surface area contributed by atoms with Crippen LogP contribution in [-0.2, 0) is 4.74 Å². The number of amidine groups is 1. The first-order valence-corrected chi connectivity index (χ1v) is 5.64. The highest BCUT2D eigenvalue weighted by molar-refractivity contribution is 5.95. The number of hydrogen-bond donors (Lipinski definition) is 2. The van der Waals surface area contributed by atoms with E-state index in [2.05, 4.69) is 0 Å². The van der Waals surface area contributed by atoms with Crippen LogP contribution in [0.4, 0.5) is 14.5 Å². The molecule has 1 aromatic rings. The lowest BCUT2D eigenvalue weighted by atomic mass is 10.1. The SMILES string of the molecule is CN(c1c(F)cc(C(=N)N)cc1F)C1CCOC1. The van der Waals surface area contributed by atoms with Gasteiger partial charge in [-0.3, -0.25) is 5.41 Å². The maximum Gasteiger partial charge on any atom is 0.150 e. The van der Waals surface area contributed by atoms with E-state index < -0.39 is 11.6 Å². The van der Waals surface area contributed by atoms with Gasteiger partial charge in [-0.25, -0.2) is 8.78 Å². The number of ether oxygens (including phenoxy) is 1. The van der Waals surface area contributed by atoms with Crippen molar-refractivity contribution < 1.29 is 13.5 Å². The van der Waals surface area contributed by atoms with Crippen molar-refractivity contribution in [3.63, 3.8) is 0 Å². The molecule has 0 bridgehead atoms. The highest BCUT2D eigenvalue weighted by Gasteiger charge is 2.25. The quantitative estimate of drug-likeness (QED) is 0.635. The Kier molecular flexibility index (Phi) is 3.47. The minimum atomic E-state index is -0.713. The van der Waals surface area contributed by atoms with Crippen LogP contribution in [0.3, 0.4) is 0 Å². The van der Waals surface area contributed by atoms with Crippen LogP contribution < -0.4 is 10.6 Å². The number of halogens is 2. The Labute approximate surface area is 104 Å². The van der Waals surface area contributed by atoms with Crippen molar-refractivity contribution in [3.8, 4) is 0 Å². The highest BCUT2D eigenvalue weighted by atomic mass is 19.1. The maximum atomic E-state index is 13.9. The third kappa shape index (κ3) is 2.28. The molecule has 6 heteroatoms. The van der Waals surface area contributed by atoms with Crippen LogP contribution in [0.2, 0.25) is 0 Å². The Bertz CT molecular complexity index is 449. The van der Waals surface area contributed by atoms with Crippen LogP contribution in [0.5, 0.6) is 0 Å². The third-order valence-corrected chi connectivity index (χ3v) is 3.13. The lowest BCUT2D eigenvalue weighted by Crippen LogP contribution is -2.33. The molecule has 0 radical (unpaired) electrons. The first kappa shape index (κ1) is 12.8. The van der Waals surface area contributed by atoms with E-state index in [1.807, 2.05) is 0 Å². The number of nitrogens with two attached hydrogens (primary N) is 1. The molecule has 0 saturated carbocycles. The van der Waals surface area contributed by atoms with Crippen molar-refractivity contribution >= 4 is 11.5 Å². The molecule has 2 rings (SSSR count). The molecule has 1 unspecified atom stereocenters. The smallest absolute Gasteiger partial charge is 0.150 e. The van der Waals surface area contributed by atoms with Crippen LogP contribution in [0, 0.1) is 17.0 Å². The van der Waals surface area contributed by atoms with Gasteiger partial charge in [-0.15, -0.1) is 0 Å². The monoisotopic (exact) mass is 255 g/mol. The predicted molar refractivity (Wildman–Crippen MR) is 65.0 cm³/mol. The van der Waals surface area contributed by atoms with Crippen LogP contribution in [-0.4, -0.2) is 32.1 Å². The lowest BCUT2D eigenvalue weighted by molar-refractivity contribution is 0.193. The van der Waals surface area contributed by atoms with Crippen LogP contribution in [0.1, 0.15) is 12.0 Å². The maximum absolute atomic E-state index is 13.9. The summed E-state index contributed by atoms with van der Waals surface area (Å²) < 4.78 is 33.0. The Balaban J connectivity index is 2.35. The molecule has 1 aliphatic heterocycles. The summed E-state index contributed by atoms with van der Waals surface area (Å²) in [6.45, 7) is 1.06. The molecule has 98 valence electrons. The Morgan fingerprint density at radius 3 is 2.50 bits per heavy atom. The molecular formula is C12H15F2N3O. The summed E-state index contributed by atoms with van der Waals surface area (Å²) in [6, 6.07) is 2.12. The van der Waals surface area contributed by atoms with Crippen LogP contribution in [0.25, 0.3) is 0 Å². The Morgan fingerprint density at radius 1 is 1.44 bits per heavy atom. The largest absolute Gasteiger partial charge is 0.384 e. The van der Waals surface area contributed by atoms with E-state index in [-0.39, 0.29) is 23.1 Å². The molecular weight excluding hydrogens is 240 g/mol. The summed E-state index contributed by atoms with van der Waals surface area (Å²) in [4.78, 5) is 1.54. The fraction of sp³-hybridized carbons (Fsp3) is 0.417. The first-order chi connectivity index (χ1) is 8.50. The normalized spacial score (nSPS) is 18.9. The van der Waals surface area contributed by atoms with E-state index in [1.54, 1.807) is 11.9 Å². The molecule has 1 saturated heterocycles. The number of nitrogen functional groups attached to an aromatic ring is 1. The minimum Gasteiger partial charge on any atom is -0.384 e. The summed E-state index contributed by atoms with van der Waals surface area (Å²) in [5.41, 5.74) is 5.16. The molecule has 0 amide bonds. The van der Waals surface area contributed by atoms with Gasteiger partial charge in [0, 0.05) is 19.2 Å². The topological polar surface area (TPSA) is 62.3 Å². The molecule has 1 aromatic carbocycles. The molecule has 1 fully saturated rings. The van der Waals surface area contributed by atoms with Gasteiger partial charge in [0.1, 0.15) is 23.2 Å². The van der Waals surface area contributed by atoms with Gasteiger partial charge in [0.15, 0.2) is 0 Å². The van der Waals surface area contributed by atoms with Crippen LogP contribution >= 0.6 is 0 Å². The van der Waals surface area contributed by atoms with Crippen molar-refractivity contribution in [2.75, 3.05) is 25.2 Å². The standard InChI is InChI=1S/C12H15F2N3O/c1-17(8-2-3-18-6-8)11-9(13)4-7(12(15)16)5-10(11)14/h4-5,8H,2-3,6H2,1H3,(H3,15,16). The molecule has 18 heavy (non-hydrogen) atoms. The second kappa shape index (κ2) is 4.89. The average Bonchev–Trinajstić information content (AvgIpc) is 2.80. The summed E-state index contributed by atoms with van der Waals surface area (Å²) in [5.74, 6) is -1.78. The molecule has 1 aliphatic rings. The number of nitrogens with one attached hydrogen (secondary N) is 1. The van der Waals surface area contributed by atoms with E-state index >= 15 is 0 Å². The van der Waals surface area contributed by atoms with Gasteiger partial charge in [-0.05, 0) is 18.6 Å². The predicted octanol–water partition coefficient (Wildman–Crippen LogP) is 1.47. The molecule has 1 atom stereocenters. The minimum absolute atomic E-state index is 0.0304. The Hall–Kier alpha value is -1.69. The number of hydrogen-bond acceptors (Lipinski definition) is 3. The molecule has 3 N–H and O–H groups in total. The molecule has 1 heterocycles. The van der Waals surface area contributed by atoms with Crippen molar-refractivity contribution in [2.45, 2.75) is 12.5 Å². The fourth-order valence-corrected chi connectivity index (χ4v) is 2.07. The number of benzene rings is 1. The zero-order chi connectivity index (χ0) is 13.3. The van der Waals surface area contributed by atoms with E-state index in [0.29, 0.717) is 13.2 Å². The van der Waals surface area contributed by atoms with Gasteiger partial charge in [-0.1, -0.05) is 0 Å². The van der Waals surface area contributed by atoms with Gasteiger partial charge in [0.25, 0.3) is 0 Å². The summed E-state index contributed by atoms with van der Waals surface area (Å²) in [7, 11) is 1.63. The summed E-state index contributed by atoms with van der Waals surface area (Å²) in [6.07, 6.45) is 0.740. The third-order valence-electron chi connectivity index (χ3n) is 3.13. The van der Waals surface area contributed by atoms with E-state index in [9.17, 15) is 8.78 Å². The zero-order valence-corrected chi connectivity index (χ0v) is 10.0. The van der Waals surface area contributed by atoms with Gasteiger partial charge < -0.3 is 15.4 Å². The molecule has 4 nitrogen and oxygen atoms in total. The lowest BCUT2D eigenvalue weighted by Gasteiger charge is -2.26. The number of nitrogens with zero attached hydrogens (tertiary/aromatic N) is 1.